The third kappa shape index (κ3) is 6.20. The lowest BCUT2D eigenvalue weighted by Gasteiger charge is -2.12. The molecule has 0 aliphatic heterocycles. The number of hydrogen-bond donors (Lipinski definition) is 1. The molecular weight excluding hydrogens is 170 g/mol. The minimum absolute atomic E-state index is 0.807. The highest BCUT2D eigenvalue weighted by Crippen LogP contribution is 2.18. The van der Waals surface area contributed by atoms with Crippen LogP contribution in [0, 0.1) is 5.92 Å². The minimum Gasteiger partial charge on any atom is -0.316 e. The van der Waals surface area contributed by atoms with Crippen molar-refractivity contribution in [2.45, 2.75) is 53.4 Å². The van der Waals surface area contributed by atoms with E-state index in [1.54, 1.807) is 5.57 Å². The average molecular weight is 197 g/mol. The Morgan fingerprint density at radius 1 is 1.14 bits per heavy atom. The summed E-state index contributed by atoms with van der Waals surface area (Å²) in [6.45, 7) is 11.3. The highest BCUT2D eigenvalue weighted by atomic mass is 14.8. The molecule has 14 heavy (non-hydrogen) atoms. The molecule has 0 amide bonds. The molecule has 0 unspecified atom stereocenters. The second-order valence-corrected chi connectivity index (χ2v) is 4.00. The van der Waals surface area contributed by atoms with Crippen molar-refractivity contribution in [3.05, 3.63) is 11.6 Å². The van der Waals surface area contributed by atoms with Gasteiger partial charge < -0.3 is 5.32 Å². The van der Waals surface area contributed by atoms with Crippen molar-refractivity contribution < 1.29 is 0 Å². The van der Waals surface area contributed by atoms with Crippen molar-refractivity contribution in [3.63, 3.8) is 0 Å². The Balaban J connectivity index is 3.64. The molecule has 0 spiro atoms. The van der Waals surface area contributed by atoms with Crippen molar-refractivity contribution in [2.75, 3.05) is 13.1 Å². The summed E-state index contributed by atoms with van der Waals surface area (Å²) in [5.74, 6) is 0.807. The summed E-state index contributed by atoms with van der Waals surface area (Å²) < 4.78 is 0. The van der Waals surface area contributed by atoms with Crippen LogP contribution in [0.1, 0.15) is 53.4 Å². The van der Waals surface area contributed by atoms with Gasteiger partial charge in [0.25, 0.3) is 0 Å². The number of nitrogens with one attached hydrogen (secondary N) is 1. The van der Waals surface area contributed by atoms with Crippen molar-refractivity contribution >= 4 is 0 Å². The van der Waals surface area contributed by atoms with Crippen LogP contribution in [0.15, 0.2) is 11.6 Å². The van der Waals surface area contributed by atoms with Crippen LogP contribution in [-0.4, -0.2) is 13.1 Å². The van der Waals surface area contributed by atoms with E-state index in [0.717, 1.165) is 19.0 Å². The summed E-state index contributed by atoms with van der Waals surface area (Å²) in [5.41, 5.74) is 1.58. The number of rotatable bonds is 8. The maximum atomic E-state index is 3.42. The monoisotopic (exact) mass is 197 g/mol. The van der Waals surface area contributed by atoms with Gasteiger partial charge >= 0.3 is 0 Å². The van der Waals surface area contributed by atoms with Crippen LogP contribution in [0.5, 0.6) is 0 Å². The molecule has 0 bridgehead atoms. The SMILES string of the molecule is CCCNCCC=C(C)C(CC)CC. The van der Waals surface area contributed by atoms with Crippen molar-refractivity contribution in [3.8, 4) is 0 Å². The predicted molar refractivity (Wildman–Crippen MR) is 65.6 cm³/mol. The molecule has 0 radical (unpaired) electrons. The van der Waals surface area contributed by atoms with Crippen molar-refractivity contribution in [1.29, 1.82) is 0 Å². The highest BCUT2D eigenvalue weighted by molar-refractivity contribution is 5.02. The normalized spacial score (nSPS) is 12.5. The molecular formula is C13H27N. The molecule has 0 saturated carbocycles. The van der Waals surface area contributed by atoms with Gasteiger partial charge in [0.2, 0.25) is 0 Å². The Bertz CT molecular complexity index is 145. The second-order valence-electron chi connectivity index (χ2n) is 4.00. The smallest absolute Gasteiger partial charge is 0.00142 e. The summed E-state index contributed by atoms with van der Waals surface area (Å²) >= 11 is 0. The van der Waals surface area contributed by atoms with Gasteiger partial charge in [0.15, 0.2) is 0 Å². The molecule has 1 heteroatoms. The van der Waals surface area contributed by atoms with E-state index in [4.69, 9.17) is 0 Å². The summed E-state index contributed by atoms with van der Waals surface area (Å²) in [5, 5.41) is 3.42. The summed E-state index contributed by atoms with van der Waals surface area (Å²) in [7, 11) is 0. The molecule has 1 N–H and O–H groups in total. The lowest BCUT2D eigenvalue weighted by molar-refractivity contribution is 0.567. The summed E-state index contributed by atoms with van der Waals surface area (Å²) in [6, 6.07) is 0. The Labute approximate surface area is 90.0 Å². The van der Waals surface area contributed by atoms with Gasteiger partial charge in [0.1, 0.15) is 0 Å². The van der Waals surface area contributed by atoms with Crippen LogP contribution in [0.3, 0.4) is 0 Å². The molecule has 0 saturated heterocycles. The maximum Gasteiger partial charge on any atom is -0.00142 e. The van der Waals surface area contributed by atoms with E-state index in [-0.39, 0.29) is 0 Å². The molecule has 84 valence electrons. The second kappa shape index (κ2) is 9.26. The third-order valence-electron chi connectivity index (χ3n) is 2.84. The first kappa shape index (κ1) is 13.7. The molecule has 0 aromatic carbocycles. The van der Waals surface area contributed by atoms with Gasteiger partial charge in [-0.15, -0.1) is 0 Å². The van der Waals surface area contributed by atoms with Crippen molar-refractivity contribution in [1.82, 2.24) is 5.32 Å². The molecule has 0 rings (SSSR count). The standard InChI is InChI=1S/C13H27N/c1-5-10-14-11-8-9-12(4)13(6-2)7-3/h9,13-14H,5-8,10-11H2,1-4H3. The predicted octanol–water partition coefficient (Wildman–Crippen LogP) is 3.76. The van der Waals surface area contributed by atoms with Crippen LogP contribution < -0.4 is 5.32 Å². The zero-order chi connectivity index (χ0) is 10.8. The fraction of sp³-hybridized carbons (Fsp3) is 0.846. The van der Waals surface area contributed by atoms with E-state index in [0.29, 0.717) is 0 Å². The fourth-order valence-electron chi connectivity index (χ4n) is 1.80. The van der Waals surface area contributed by atoms with Crippen LogP contribution in [0.2, 0.25) is 0 Å². The lowest BCUT2D eigenvalue weighted by atomic mass is 9.94. The molecule has 1 nitrogen and oxygen atoms in total. The Morgan fingerprint density at radius 2 is 1.79 bits per heavy atom. The van der Waals surface area contributed by atoms with E-state index < -0.39 is 0 Å². The maximum absolute atomic E-state index is 3.42. The largest absolute Gasteiger partial charge is 0.316 e. The molecule has 0 atom stereocenters. The quantitative estimate of drug-likeness (QED) is 0.461. The van der Waals surface area contributed by atoms with E-state index in [2.05, 4.69) is 39.1 Å². The van der Waals surface area contributed by atoms with Gasteiger partial charge in [-0.1, -0.05) is 32.4 Å². The van der Waals surface area contributed by atoms with Gasteiger partial charge in [-0.3, -0.25) is 0 Å². The first-order chi connectivity index (χ1) is 6.76. The third-order valence-corrected chi connectivity index (χ3v) is 2.84. The Morgan fingerprint density at radius 3 is 2.29 bits per heavy atom. The first-order valence-electron chi connectivity index (χ1n) is 6.13. The average Bonchev–Trinajstić information content (AvgIpc) is 2.19. The number of hydrogen-bond acceptors (Lipinski definition) is 1. The number of allylic oxidation sites excluding steroid dienone is 1. The van der Waals surface area contributed by atoms with Crippen molar-refractivity contribution in [2.24, 2.45) is 5.92 Å². The zero-order valence-electron chi connectivity index (χ0n) is 10.4. The van der Waals surface area contributed by atoms with Gasteiger partial charge in [0, 0.05) is 0 Å². The summed E-state index contributed by atoms with van der Waals surface area (Å²) in [4.78, 5) is 0. The van der Waals surface area contributed by atoms with E-state index in [1.165, 1.54) is 25.7 Å². The van der Waals surface area contributed by atoms with Crippen LogP contribution in [0.25, 0.3) is 0 Å². The molecule has 0 fully saturated rings. The Kier molecular flexibility index (Phi) is 9.06. The van der Waals surface area contributed by atoms with E-state index in [9.17, 15) is 0 Å². The molecule has 0 aromatic heterocycles. The molecule has 0 heterocycles. The van der Waals surface area contributed by atoms with Gasteiger partial charge in [-0.05, 0) is 51.6 Å². The van der Waals surface area contributed by atoms with Gasteiger partial charge in [-0.2, -0.15) is 0 Å². The minimum atomic E-state index is 0.807. The van der Waals surface area contributed by atoms with Crippen LogP contribution in [-0.2, 0) is 0 Å². The topological polar surface area (TPSA) is 12.0 Å². The zero-order valence-corrected chi connectivity index (χ0v) is 10.4. The van der Waals surface area contributed by atoms with Crippen LogP contribution in [0.4, 0.5) is 0 Å². The van der Waals surface area contributed by atoms with Gasteiger partial charge in [0.05, 0.1) is 0 Å². The van der Waals surface area contributed by atoms with Gasteiger partial charge in [-0.25, -0.2) is 0 Å². The first-order valence-corrected chi connectivity index (χ1v) is 6.13. The highest BCUT2D eigenvalue weighted by Gasteiger charge is 2.03. The summed E-state index contributed by atoms with van der Waals surface area (Å²) in [6.07, 6.45) is 7.38. The van der Waals surface area contributed by atoms with E-state index >= 15 is 0 Å². The van der Waals surface area contributed by atoms with E-state index in [1.807, 2.05) is 0 Å². The lowest BCUT2D eigenvalue weighted by Crippen LogP contribution is -2.15. The fourth-order valence-corrected chi connectivity index (χ4v) is 1.80. The molecule has 0 aliphatic rings. The molecule has 0 aliphatic carbocycles. The molecule has 0 aromatic rings. The Hall–Kier alpha value is -0.300. The van der Waals surface area contributed by atoms with Crippen LogP contribution >= 0.6 is 0 Å².